The predicted molar refractivity (Wildman–Crippen MR) is 82.4 cm³/mol. The molecule has 106 valence electrons. The van der Waals surface area contributed by atoms with E-state index in [1.54, 1.807) is 0 Å². The summed E-state index contributed by atoms with van der Waals surface area (Å²) in [7, 11) is 0. The van der Waals surface area contributed by atoms with E-state index in [0.717, 1.165) is 0 Å². The Morgan fingerprint density at radius 3 is 2.50 bits per heavy atom. The van der Waals surface area contributed by atoms with Crippen LogP contribution >= 0.6 is 0 Å². The smallest absolute Gasteiger partial charge is 0.331 e. The molecule has 0 heterocycles. The Bertz CT molecular complexity index is 586. The van der Waals surface area contributed by atoms with E-state index in [4.69, 9.17) is 4.74 Å². The zero-order valence-corrected chi connectivity index (χ0v) is 12.9. The molecule has 0 saturated heterocycles. The highest BCUT2D eigenvalue weighted by molar-refractivity contribution is 5.85. The highest BCUT2D eigenvalue weighted by atomic mass is 16.6. The standard InChI is InChI=1S/C18H22O2/c1-12-14(10-11-17(19)20-18(3,4)5)13(2)16-9-7-6-8-15(12)16/h6-12H,1-5H3/b11-10+. The number of esters is 1. The largest absolute Gasteiger partial charge is 0.457 e. The molecule has 2 heteroatoms. The third kappa shape index (κ3) is 3.01. The number of ether oxygens (including phenoxy) is 1. The number of benzene rings is 1. The molecule has 1 aromatic carbocycles. The minimum Gasteiger partial charge on any atom is -0.457 e. The number of hydrogen-bond donors (Lipinski definition) is 0. The van der Waals surface area contributed by atoms with Gasteiger partial charge in [0.05, 0.1) is 0 Å². The summed E-state index contributed by atoms with van der Waals surface area (Å²) in [6.07, 6.45) is 3.43. The van der Waals surface area contributed by atoms with Gasteiger partial charge >= 0.3 is 5.97 Å². The van der Waals surface area contributed by atoms with E-state index in [1.165, 1.54) is 28.3 Å². The molecule has 0 aliphatic heterocycles. The van der Waals surface area contributed by atoms with Crippen LogP contribution in [0.15, 0.2) is 42.0 Å². The van der Waals surface area contributed by atoms with Gasteiger partial charge in [0, 0.05) is 12.0 Å². The molecule has 0 aromatic heterocycles. The highest BCUT2D eigenvalue weighted by Gasteiger charge is 2.24. The summed E-state index contributed by atoms with van der Waals surface area (Å²) in [5.74, 6) is 0.0332. The van der Waals surface area contributed by atoms with Gasteiger partial charge in [-0.15, -0.1) is 0 Å². The van der Waals surface area contributed by atoms with Crippen molar-refractivity contribution in [3.8, 4) is 0 Å². The molecule has 0 radical (unpaired) electrons. The number of rotatable bonds is 2. The Labute approximate surface area is 121 Å². The minimum atomic E-state index is -0.449. The third-order valence-electron chi connectivity index (χ3n) is 3.54. The van der Waals surface area contributed by atoms with Crippen molar-refractivity contribution in [1.82, 2.24) is 0 Å². The van der Waals surface area contributed by atoms with Gasteiger partial charge in [-0.2, -0.15) is 0 Å². The zero-order valence-electron chi connectivity index (χ0n) is 12.9. The van der Waals surface area contributed by atoms with E-state index >= 15 is 0 Å². The second kappa shape index (κ2) is 5.28. The van der Waals surface area contributed by atoms with Crippen molar-refractivity contribution >= 4 is 11.5 Å². The second-order valence-corrected chi connectivity index (χ2v) is 6.26. The van der Waals surface area contributed by atoms with Crippen molar-refractivity contribution in [1.29, 1.82) is 0 Å². The molecular weight excluding hydrogens is 248 g/mol. The number of allylic oxidation sites excluding steroid dienone is 3. The van der Waals surface area contributed by atoms with Gasteiger partial charge in [-0.1, -0.05) is 37.3 Å². The molecule has 1 aliphatic rings. The molecule has 1 unspecified atom stereocenters. The van der Waals surface area contributed by atoms with Crippen molar-refractivity contribution in [3.63, 3.8) is 0 Å². The first kappa shape index (κ1) is 14.6. The van der Waals surface area contributed by atoms with Crippen molar-refractivity contribution in [2.75, 3.05) is 0 Å². The molecule has 0 amide bonds. The van der Waals surface area contributed by atoms with Gasteiger partial charge in [0.1, 0.15) is 5.60 Å². The van der Waals surface area contributed by atoms with Crippen LogP contribution in [0, 0.1) is 0 Å². The number of hydrogen-bond acceptors (Lipinski definition) is 2. The van der Waals surface area contributed by atoms with Crippen LogP contribution in [0.5, 0.6) is 0 Å². The van der Waals surface area contributed by atoms with Crippen LogP contribution in [0.3, 0.4) is 0 Å². The number of carbonyl (C=O) groups excluding carboxylic acids is 1. The maximum atomic E-state index is 11.8. The van der Waals surface area contributed by atoms with Gasteiger partial charge in [-0.3, -0.25) is 0 Å². The van der Waals surface area contributed by atoms with Crippen LogP contribution in [0.2, 0.25) is 0 Å². The fourth-order valence-electron chi connectivity index (χ4n) is 2.63. The second-order valence-electron chi connectivity index (χ2n) is 6.26. The van der Waals surface area contributed by atoms with E-state index in [9.17, 15) is 4.79 Å². The summed E-state index contributed by atoms with van der Waals surface area (Å²) in [4.78, 5) is 11.8. The average molecular weight is 270 g/mol. The summed E-state index contributed by atoms with van der Waals surface area (Å²) in [6, 6.07) is 8.39. The monoisotopic (exact) mass is 270 g/mol. The fraction of sp³-hybridized carbons (Fsp3) is 0.389. The van der Waals surface area contributed by atoms with Gasteiger partial charge in [0.15, 0.2) is 0 Å². The lowest BCUT2D eigenvalue weighted by Gasteiger charge is -2.18. The maximum absolute atomic E-state index is 11.8. The van der Waals surface area contributed by atoms with Gasteiger partial charge in [0.25, 0.3) is 0 Å². The molecule has 0 bridgehead atoms. The van der Waals surface area contributed by atoms with Crippen LogP contribution in [-0.4, -0.2) is 11.6 Å². The van der Waals surface area contributed by atoms with E-state index in [0.29, 0.717) is 5.92 Å². The van der Waals surface area contributed by atoms with E-state index in [-0.39, 0.29) is 5.97 Å². The molecule has 0 saturated carbocycles. The summed E-state index contributed by atoms with van der Waals surface area (Å²) >= 11 is 0. The minimum absolute atomic E-state index is 0.291. The van der Waals surface area contributed by atoms with Gasteiger partial charge < -0.3 is 4.74 Å². The maximum Gasteiger partial charge on any atom is 0.331 e. The molecule has 2 nitrogen and oxygen atoms in total. The average Bonchev–Trinajstić information content (AvgIpc) is 2.59. The zero-order chi connectivity index (χ0) is 14.9. The van der Waals surface area contributed by atoms with Crippen LogP contribution in [0.25, 0.3) is 5.57 Å². The first-order valence-corrected chi connectivity index (χ1v) is 7.01. The van der Waals surface area contributed by atoms with Crippen molar-refractivity contribution in [3.05, 3.63) is 53.1 Å². The molecule has 2 rings (SSSR count). The van der Waals surface area contributed by atoms with Crippen molar-refractivity contribution in [2.45, 2.75) is 46.1 Å². The highest BCUT2D eigenvalue weighted by Crippen LogP contribution is 2.41. The lowest BCUT2D eigenvalue weighted by molar-refractivity contribution is -0.148. The van der Waals surface area contributed by atoms with Gasteiger partial charge in [0.2, 0.25) is 0 Å². The summed E-state index contributed by atoms with van der Waals surface area (Å²) < 4.78 is 5.30. The summed E-state index contributed by atoms with van der Waals surface area (Å²) in [6.45, 7) is 9.90. The quantitative estimate of drug-likeness (QED) is 0.585. The molecular formula is C18H22O2. The lowest BCUT2D eigenvalue weighted by atomic mass is 9.98. The van der Waals surface area contributed by atoms with Crippen LogP contribution < -0.4 is 0 Å². The Hall–Kier alpha value is -1.83. The van der Waals surface area contributed by atoms with Crippen molar-refractivity contribution in [2.24, 2.45) is 0 Å². The number of fused-ring (bicyclic) bond motifs is 1. The Morgan fingerprint density at radius 2 is 1.90 bits per heavy atom. The fourth-order valence-corrected chi connectivity index (χ4v) is 2.63. The van der Waals surface area contributed by atoms with Gasteiger partial charge in [-0.05, 0) is 50.0 Å². The SMILES string of the molecule is CC1=C(/C=C/C(=O)OC(C)(C)C)C(C)c2ccccc21. The molecule has 1 aromatic rings. The lowest BCUT2D eigenvalue weighted by Crippen LogP contribution is -2.22. The number of carbonyl (C=O) groups is 1. The third-order valence-corrected chi connectivity index (χ3v) is 3.54. The van der Waals surface area contributed by atoms with E-state index in [2.05, 4.69) is 38.1 Å². The van der Waals surface area contributed by atoms with Crippen LogP contribution in [0.1, 0.15) is 51.7 Å². The van der Waals surface area contributed by atoms with Crippen LogP contribution in [0.4, 0.5) is 0 Å². The molecule has 0 spiro atoms. The first-order chi connectivity index (χ1) is 9.29. The normalized spacial score (nSPS) is 18.6. The molecule has 20 heavy (non-hydrogen) atoms. The van der Waals surface area contributed by atoms with E-state index in [1.807, 2.05) is 26.8 Å². The molecule has 1 aliphatic carbocycles. The first-order valence-electron chi connectivity index (χ1n) is 7.01. The molecule has 1 atom stereocenters. The van der Waals surface area contributed by atoms with Crippen LogP contribution in [-0.2, 0) is 9.53 Å². The molecule has 0 N–H and O–H groups in total. The molecule has 0 fully saturated rings. The van der Waals surface area contributed by atoms with Gasteiger partial charge in [-0.25, -0.2) is 4.79 Å². The van der Waals surface area contributed by atoms with Crippen molar-refractivity contribution < 1.29 is 9.53 Å². The predicted octanol–water partition coefficient (Wildman–Crippen LogP) is 4.48. The van der Waals surface area contributed by atoms with E-state index < -0.39 is 5.60 Å². The summed E-state index contributed by atoms with van der Waals surface area (Å²) in [5, 5.41) is 0. The Morgan fingerprint density at radius 1 is 1.25 bits per heavy atom. The summed E-state index contributed by atoms with van der Waals surface area (Å²) in [5.41, 5.74) is 4.59. The topological polar surface area (TPSA) is 26.3 Å². The Kier molecular flexibility index (Phi) is 3.85. The Balaban J connectivity index is 2.19.